The Labute approximate surface area is 264 Å². The second-order valence-electron chi connectivity index (χ2n) is 10.3. The van der Waals surface area contributed by atoms with Crippen molar-refractivity contribution in [3.63, 3.8) is 0 Å². The molecular weight excluding hydrogens is 657 g/mol. The van der Waals surface area contributed by atoms with E-state index in [-0.39, 0.29) is 72.2 Å². The number of hydrogen-bond acceptors (Lipinski definition) is 11. The molecule has 19 heteroatoms. The third-order valence-electron chi connectivity index (χ3n) is 7.05. The highest BCUT2D eigenvalue weighted by molar-refractivity contribution is 7.91. The van der Waals surface area contributed by atoms with Crippen LogP contribution in [-0.4, -0.2) is 102 Å². The summed E-state index contributed by atoms with van der Waals surface area (Å²) in [4.78, 5) is 36.8. The van der Waals surface area contributed by atoms with Crippen LogP contribution in [0.25, 0.3) is 17.2 Å². The largest absolute Gasteiger partial charge is 0.462 e. The Bertz CT molecular complexity index is 1880. The number of aliphatic hydroxyl groups excluding tert-OH is 1. The molecule has 0 aliphatic carbocycles. The van der Waals surface area contributed by atoms with E-state index in [4.69, 9.17) is 16.3 Å². The van der Waals surface area contributed by atoms with Crippen LogP contribution < -0.4 is 5.69 Å². The van der Waals surface area contributed by atoms with E-state index in [9.17, 15) is 36.3 Å². The quantitative estimate of drug-likeness (QED) is 0.242. The van der Waals surface area contributed by atoms with Crippen molar-refractivity contribution >= 4 is 27.4 Å². The lowest BCUT2D eigenvalue weighted by Gasteiger charge is -2.25. The highest BCUT2D eigenvalue weighted by Gasteiger charge is 2.39. The molecular formula is C27H28ClF3N8O6S. The zero-order valence-corrected chi connectivity index (χ0v) is 25.8. The van der Waals surface area contributed by atoms with E-state index in [2.05, 4.69) is 20.2 Å². The molecule has 0 bridgehead atoms. The minimum atomic E-state index is -5.00. The SMILES string of the molecule is CCOC(=O)c1cccnc1-n1nc(Cn2nc(-c3ccc(Cl)cc3)n(C[C@H](O)C(F)(F)F)c2=O)nc1CN1CCS(=O)(=O)CC1. The van der Waals surface area contributed by atoms with Crippen LogP contribution in [0, 0.1) is 0 Å². The predicted octanol–water partition coefficient (Wildman–Crippen LogP) is 1.72. The van der Waals surface area contributed by atoms with Crippen molar-refractivity contribution in [1.29, 1.82) is 0 Å². The molecule has 1 N–H and O–H groups in total. The maximum Gasteiger partial charge on any atom is 0.416 e. The number of hydrogen-bond donors (Lipinski definition) is 1. The maximum absolute atomic E-state index is 13.4. The molecule has 5 rings (SSSR count). The highest BCUT2D eigenvalue weighted by Crippen LogP contribution is 2.24. The smallest absolute Gasteiger partial charge is 0.416 e. The molecule has 0 saturated carbocycles. The number of halogens is 4. The van der Waals surface area contributed by atoms with E-state index in [0.717, 1.165) is 4.68 Å². The van der Waals surface area contributed by atoms with Crippen molar-refractivity contribution in [3.8, 4) is 17.2 Å². The van der Waals surface area contributed by atoms with Crippen LogP contribution in [0.1, 0.15) is 28.9 Å². The lowest BCUT2D eigenvalue weighted by Crippen LogP contribution is -2.40. The Morgan fingerprint density at radius 1 is 1.11 bits per heavy atom. The van der Waals surface area contributed by atoms with Crippen LogP contribution in [-0.2, 0) is 34.2 Å². The van der Waals surface area contributed by atoms with Gasteiger partial charge in [0.15, 0.2) is 33.4 Å². The van der Waals surface area contributed by atoms with Gasteiger partial charge < -0.3 is 9.84 Å². The molecule has 4 heterocycles. The molecule has 1 aliphatic heterocycles. The zero-order valence-electron chi connectivity index (χ0n) is 24.3. The van der Waals surface area contributed by atoms with Gasteiger partial charge in [0, 0.05) is 29.9 Å². The van der Waals surface area contributed by atoms with Crippen LogP contribution in [0.3, 0.4) is 0 Å². The van der Waals surface area contributed by atoms with E-state index in [1.807, 2.05) is 4.90 Å². The van der Waals surface area contributed by atoms with Gasteiger partial charge in [-0.2, -0.15) is 17.9 Å². The Balaban J connectivity index is 1.56. The van der Waals surface area contributed by atoms with Gasteiger partial charge in [0.05, 0.1) is 31.2 Å². The topological polar surface area (TPSA) is 167 Å². The standard InChI is InChI=1S/C27H28ClF3N8O6S/c1-2-45-25(41)19-4-3-9-32-24(19)39-22(16-36-10-12-46(43,44)13-11-36)33-21(34-39)15-38-26(42)37(14-20(40)27(29,30)31)23(35-38)17-5-7-18(28)8-6-17/h3-9,20,40H,2,10-16H2,1H3/t20-/m0/s1. The number of pyridine rings is 1. The second kappa shape index (κ2) is 13.3. The highest BCUT2D eigenvalue weighted by atomic mass is 35.5. The summed E-state index contributed by atoms with van der Waals surface area (Å²) in [6, 6.07) is 8.89. The normalized spacial score (nSPS) is 16.0. The number of carbonyl (C=O) groups excluding carboxylic acids is 1. The van der Waals surface area contributed by atoms with Gasteiger partial charge in [-0.25, -0.2) is 32.7 Å². The molecule has 0 spiro atoms. The van der Waals surface area contributed by atoms with Crippen LogP contribution in [0.2, 0.25) is 5.02 Å². The van der Waals surface area contributed by atoms with Crippen LogP contribution in [0.4, 0.5) is 13.2 Å². The van der Waals surface area contributed by atoms with Gasteiger partial charge in [0.2, 0.25) is 0 Å². The number of rotatable bonds is 10. The molecule has 0 amide bonds. The summed E-state index contributed by atoms with van der Waals surface area (Å²) in [7, 11) is -3.18. The number of benzene rings is 1. The summed E-state index contributed by atoms with van der Waals surface area (Å²) < 4.78 is 71.8. The number of carbonyl (C=O) groups is 1. The number of ether oxygens (including phenoxy) is 1. The van der Waals surface area contributed by atoms with Crippen LogP contribution in [0.15, 0.2) is 47.4 Å². The fourth-order valence-corrected chi connectivity index (χ4v) is 6.11. The van der Waals surface area contributed by atoms with Crippen molar-refractivity contribution in [2.75, 3.05) is 31.2 Å². The van der Waals surface area contributed by atoms with E-state index >= 15 is 0 Å². The molecule has 1 saturated heterocycles. The van der Waals surface area contributed by atoms with Gasteiger partial charge in [0.25, 0.3) is 0 Å². The van der Waals surface area contributed by atoms with Crippen molar-refractivity contribution in [2.24, 2.45) is 0 Å². The van der Waals surface area contributed by atoms with Crippen molar-refractivity contribution in [2.45, 2.75) is 38.8 Å². The zero-order chi connectivity index (χ0) is 33.2. The fraction of sp³-hybridized carbons (Fsp3) is 0.407. The van der Waals surface area contributed by atoms with Gasteiger partial charge in [-0.1, -0.05) is 11.6 Å². The van der Waals surface area contributed by atoms with Crippen LogP contribution >= 0.6 is 11.6 Å². The number of sulfone groups is 1. The summed E-state index contributed by atoms with van der Waals surface area (Å²) in [5.41, 5.74) is -0.644. The monoisotopic (exact) mass is 684 g/mol. The van der Waals surface area contributed by atoms with Crippen molar-refractivity contribution in [3.05, 3.63) is 75.3 Å². The van der Waals surface area contributed by atoms with Gasteiger partial charge in [0.1, 0.15) is 17.9 Å². The summed E-state index contributed by atoms with van der Waals surface area (Å²) >= 11 is 5.96. The first kappa shape index (κ1) is 33.2. The Morgan fingerprint density at radius 2 is 1.80 bits per heavy atom. The number of aromatic nitrogens is 7. The summed E-state index contributed by atoms with van der Waals surface area (Å²) in [6.45, 7) is 0.724. The molecule has 1 aliphatic rings. The minimum absolute atomic E-state index is 0.00845. The fourth-order valence-electron chi connectivity index (χ4n) is 4.70. The summed E-state index contributed by atoms with van der Waals surface area (Å²) in [5.74, 6) is -0.655. The molecule has 0 unspecified atom stereocenters. The van der Waals surface area contributed by atoms with Crippen molar-refractivity contribution in [1.82, 2.24) is 39.0 Å². The molecule has 14 nitrogen and oxygen atoms in total. The Morgan fingerprint density at radius 3 is 2.46 bits per heavy atom. The van der Waals surface area contributed by atoms with Crippen molar-refractivity contribution < 1.29 is 36.2 Å². The summed E-state index contributed by atoms with van der Waals surface area (Å²) in [5, 5.41) is 18.8. The summed E-state index contributed by atoms with van der Waals surface area (Å²) in [6.07, 6.45) is -6.43. The molecule has 46 heavy (non-hydrogen) atoms. The second-order valence-corrected chi connectivity index (χ2v) is 13.1. The average Bonchev–Trinajstić information content (AvgIpc) is 3.54. The number of alkyl halides is 3. The first-order chi connectivity index (χ1) is 21.8. The molecule has 1 aromatic carbocycles. The van der Waals surface area contributed by atoms with Gasteiger partial charge in [-0.15, -0.1) is 10.2 Å². The molecule has 246 valence electrons. The third-order valence-corrected chi connectivity index (χ3v) is 8.91. The molecule has 1 atom stereocenters. The van der Waals surface area contributed by atoms with Gasteiger partial charge >= 0.3 is 17.8 Å². The molecule has 0 radical (unpaired) electrons. The third kappa shape index (κ3) is 7.46. The first-order valence-electron chi connectivity index (χ1n) is 13.9. The van der Waals surface area contributed by atoms with E-state index in [1.54, 1.807) is 6.92 Å². The molecule has 4 aromatic rings. The Hall–Kier alpha value is -4.13. The number of aliphatic hydroxyl groups is 1. The van der Waals surface area contributed by atoms with Gasteiger partial charge in [-0.3, -0.25) is 9.47 Å². The lowest BCUT2D eigenvalue weighted by molar-refractivity contribution is -0.207. The average molecular weight is 685 g/mol. The Kier molecular flexibility index (Phi) is 9.62. The van der Waals surface area contributed by atoms with Gasteiger partial charge in [-0.05, 0) is 43.3 Å². The first-order valence-corrected chi connectivity index (χ1v) is 16.1. The predicted molar refractivity (Wildman–Crippen MR) is 157 cm³/mol. The number of esters is 1. The maximum atomic E-state index is 13.4. The van der Waals surface area contributed by atoms with E-state index in [0.29, 0.717) is 9.59 Å². The molecule has 1 fully saturated rings. The van der Waals surface area contributed by atoms with E-state index in [1.165, 1.54) is 47.3 Å². The lowest BCUT2D eigenvalue weighted by atomic mass is 10.2. The van der Waals surface area contributed by atoms with E-state index < -0.39 is 46.9 Å². The number of nitrogens with zero attached hydrogens (tertiary/aromatic N) is 8. The minimum Gasteiger partial charge on any atom is -0.462 e. The molecule has 3 aromatic heterocycles. The van der Waals surface area contributed by atoms with Crippen LogP contribution in [0.5, 0.6) is 0 Å².